The highest BCUT2D eigenvalue weighted by Gasteiger charge is 2.35. The number of ether oxygens (including phenoxy) is 4. The zero-order chi connectivity index (χ0) is 27.1. The molecule has 8 nitrogen and oxygen atoms in total. The molecule has 0 saturated carbocycles. The molecule has 38 heavy (non-hydrogen) atoms. The molecule has 1 heterocycles. The second-order valence-corrected chi connectivity index (χ2v) is 9.72. The van der Waals surface area contributed by atoms with Crippen LogP contribution in [0.3, 0.4) is 0 Å². The topological polar surface area (TPSA) is 91.4 Å². The quantitative estimate of drug-likeness (QED) is 0.155. The maximum Gasteiger partial charge on any atom is 0.343 e. The monoisotopic (exact) mass is 597 g/mol. The molecule has 1 fully saturated rings. The number of imide groups is 1. The molecule has 0 radical (unpaired) electrons. The Morgan fingerprint density at radius 2 is 1.74 bits per heavy atom. The van der Waals surface area contributed by atoms with Gasteiger partial charge in [-0.05, 0) is 94.8 Å². The molecule has 0 unspecified atom stereocenters. The summed E-state index contributed by atoms with van der Waals surface area (Å²) in [5, 5.41) is -0.368. The summed E-state index contributed by atoms with van der Waals surface area (Å²) in [6.45, 7) is 2.44. The molecular weight excluding hydrogens is 574 g/mol. The molecule has 4 rings (SSSR count). The minimum atomic E-state index is -0.569. The van der Waals surface area contributed by atoms with Crippen LogP contribution in [-0.4, -0.2) is 48.9 Å². The lowest BCUT2D eigenvalue weighted by molar-refractivity contribution is -0.123. The molecule has 1 aliphatic heterocycles. The highest BCUT2D eigenvalue weighted by molar-refractivity contribution is 9.10. The second kappa shape index (κ2) is 12.7. The number of hydrogen-bond donors (Lipinski definition) is 0. The number of nitrogens with zero attached hydrogens (tertiary/aromatic N) is 1. The van der Waals surface area contributed by atoms with Gasteiger partial charge in [0, 0.05) is 0 Å². The zero-order valence-electron chi connectivity index (χ0n) is 20.6. The van der Waals surface area contributed by atoms with Gasteiger partial charge in [0.05, 0.1) is 35.2 Å². The van der Waals surface area contributed by atoms with Crippen LogP contribution < -0.4 is 18.9 Å². The van der Waals surface area contributed by atoms with Gasteiger partial charge < -0.3 is 18.9 Å². The number of methoxy groups -OCH3 is 1. The summed E-state index contributed by atoms with van der Waals surface area (Å²) in [5.41, 5.74) is 0.935. The van der Waals surface area contributed by atoms with Crippen LogP contribution in [0.1, 0.15) is 22.8 Å². The predicted octanol–water partition coefficient (Wildman–Crippen LogP) is 6.19. The molecule has 0 bridgehead atoms. The first-order valence-corrected chi connectivity index (χ1v) is 13.3. The number of esters is 1. The van der Waals surface area contributed by atoms with E-state index < -0.39 is 11.9 Å². The number of halogens is 1. The Bertz CT molecular complexity index is 1360. The summed E-state index contributed by atoms with van der Waals surface area (Å²) < 4.78 is 22.5. The van der Waals surface area contributed by atoms with E-state index in [9.17, 15) is 14.4 Å². The van der Waals surface area contributed by atoms with Gasteiger partial charge in [-0.2, -0.15) is 0 Å². The van der Waals surface area contributed by atoms with E-state index in [2.05, 4.69) is 15.9 Å². The van der Waals surface area contributed by atoms with Gasteiger partial charge in [0.2, 0.25) is 0 Å². The maximum atomic E-state index is 12.9. The number of benzene rings is 3. The van der Waals surface area contributed by atoms with Gasteiger partial charge in [0.1, 0.15) is 18.1 Å². The molecule has 0 N–H and O–H groups in total. The Balaban J connectivity index is 1.49. The van der Waals surface area contributed by atoms with Gasteiger partial charge in [-0.25, -0.2) is 4.79 Å². The highest BCUT2D eigenvalue weighted by atomic mass is 79.9. The molecule has 3 aromatic rings. The number of carbonyl (C=O) groups is 3. The number of hydrogen-bond acceptors (Lipinski definition) is 8. The fourth-order valence-electron chi connectivity index (χ4n) is 3.53. The van der Waals surface area contributed by atoms with Crippen molar-refractivity contribution in [2.24, 2.45) is 0 Å². The lowest BCUT2D eigenvalue weighted by Gasteiger charge is -2.14. The summed E-state index contributed by atoms with van der Waals surface area (Å²) in [7, 11) is 1.54. The Morgan fingerprint density at radius 3 is 2.42 bits per heavy atom. The Kier molecular flexibility index (Phi) is 9.09. The van der Waals surface area contributed by atoms with Crippen LogP contribution in [-0.2, 0) is 4.79 Å². The lowest BCUT2D eigenvalue weighted by Crippen LogP contribution is -2.32. The summed E-state index contributed by atoms with van der Waals surface area (Å²) >= 11 is 4.30. The summed E-state index contributed by atoms with van der Waals surface area (Å²) in [4.78, 5) is 39.6. The minimum absolute atomic E-state index is 0.130. The van der Waals surface area contributed by atoms with Crippen LogP contribution in [0.5, 0.6) is 23.0 Å². The number of carbonyl (C=O) groups excluding carboxylic acids is 3. The van der Waals surface area contributed by atoms with E-state index in [4.69, 9.17) is 18.9 Å². The Hall–Kier alpha value is -3.76. The van der Waals surface area contributed by atoms with Crippen molar-refractivity contribution < 1.29 is 33.3 Å². The van der Waals surface area contributed by atoms with Gasteiger partial charge >= 0.3 is 5.97 Å². The molecule has 0 aliphatic carbocycles. The van der Waals surface area contributed by atoms with Crippen LogP contribution in [0.15, 0.2) is 76.1 Å². The molecule has 2 amide bonds. The van der Waals surface area contributed by atoms with Crippen molar-refractivity contribution in [3.63, 3.8) is 0 Å². The third-order valence-corrected chi connectivity index (χ3v) is 6.85. The molecule has 3 aromatic carbocycles. The minimum Gasteiger partial charge on any atom is -0.497 e. The average Bonchev–Trinajstić information content (AvgIpc) is 3.18. The van der Waals surface area contributed by atoms with E-state index >= 15 is 0 Å². The van der Waals surface area contributed by atoms with Crippen molar-refractivity contribution in [2.75, 3.05) is 26.9 Å². The van der Waals surface area contributed by atoms with Crippen molar-refractivity contribution in [3.05, 3.63) is 87.2 Å². The number of rotatable bonds is 10. The van der Waals surface area contributed by atoms with Gasteiger partial charge in [-0.1, -0.05) is 18.2 Å². The van der Waals surface area contributed by atoms with E-state index in [1.165, 1.54) is 0 Å². The second-order valence-electron chi connectivity index (χ2n) is 7.88. The van der Waals surface area contributed by atoms with Crippen molar-refractivity contribution in [3.8, 4) is 23.0 Å². The number of para-hydroxylation sites is 1. The van der Waals surface area contributed by atoms with Crippen molar-refractivity contribution >= 4 is 50.9 Å². The largest absolute Gasteiger partial charge is 0.497 e. The lowest BCUT2D eigenvalue weighted by atomic mass is 10.1. The normalized spacial score (nSPS) is 14.1. The van der Waals surface area contributed by atoms with Crippen molar-refractivity contribution in [1.82, 2.24) is 4.90 Å². The third kappa shape index (κ3) is 6.56. The number of thioether (sulfide) groups is 1. The molecule has 1 aliphatic rings. The summed E-state index contributed by atoms with van der Waals surface area (Å²) in [6, 6.07) is 19.0. The van der Waals surface area contributed by atoms with E-state index in [1.54, 1.807) is 68.6 Å². The fraction of sp³-hybridized carbons (Fsp3) is 0.179. The first-order chi connectivity index (χ1) is 18.4. The highest BCUT2D eigenvalue weighted by Crippen LogP contribution is 2.39. The molecule has 0 spiro atoms. The molecule has 10 heteroatoms. The van der Waals surface area contributed by atoms with E-state index in [0.717, 1.165) is 16.7 Å². The van der Waals surface area contributed by atoms with E-state index in [1.807, 2.05) is 18.2 Å². The van der Waals surface area contributed by atoms with Gasteiger partial charge in [-0.15, -0.1) is 0 Å². The van der Waals surface area contributed by atoms with Crippen LogP contribution >= 0.6 is 27.7 Å². The first-order valence-electron chi connectivity index (χ1n) is 11.7. The third-order valence-electron chi connectivity index (χ3n) is 5.35. The zero-order valence-corrected chi connectivity index (χ0v) is 23.0. The van der Waals surface area contributed by atoms with Gasteiger partial charge in [0.15, 0.2) is 11.5 Å². The van der Waals surface area contributed by atoms with Crippen molar-refractivity contribution in [2.45, 2.75) is 6.92 Å². The van der Waals surface area contributed by atoms with E-state index in [-0.39, 0.29) is 29.0 Å². The van der Waals surface area contributed by atoms with Crippen LogP contribution in [0.4, 0.5) is 4.79 Å². The SMILES string of the molecule is CCOc1cc(/C=C2\SC(=O)N(CCOc3ccccc3)C2=O)cc(Br)c1OC(=O)c1ccc(OC)cc1. The van der Waals surface area contributed by atoms with Crippen LogP contribution in [0.25, 0.3) is 6.08 Å². The fourth-order valence-corrected chi connectivity index (χ4v) is 4.93. The smallest absolute Gasteiger partial charge is 0.343 e. The summed E-state index contributed by atoms with van der Waals surface area (Å²) in [5.74, 6) is 0.828. The Labute approximate surface area is 232 Å². The first kappa shape index (κ1) is 27.3. The number of amides is 2. The molecular formula is C28H24BrNO7S. The summed E-state index contributed by atoms with van der Waals surface area (Å²) in [6.07, 6.45) is 1.60. The Morgan fingerprint density at radius 1 is 1.00 bits per heavy atom. The van der Waals surface area contributed by atoms with E-state index in [0.29, 0.717) is 39.5 Å². The molecule has 1 saturated heterocycles. The molecule has 196 valence electrons. The molecule has 0 aromatic heterocycles. The van der Waals surface area contributed by atoms with Crippen LogP contribution in [0.2, 0.25) is 0 Å². The standard InChI is InChI=1S/C28H24BrNO7S/c1-3-35-23-16-18(15-22(29)25(23)37-27(32)19-9-11-20(34-2)12-10-19)17-24-26(31)30(28(33)38-24)13-14-36-21-7-5-4-6-8-21/h4-12,15-17H,3,13-14H2,1-2H3/b24-17-. The van der Waals surface area contributed by atoms with Gasteiger partial charge in [-0.3, -0.25) is 14.5 Å². The maximum absolute atomic E-state index is 12.9. The molecule has 0 atom stereocenters. The van der Waals surface area contributed by atoms with Crippen molar-refractivity contribution in [1.29, 1.82) is 0 Å². The average molecular weight is 598 g/mol. The van der Waals surface area contributed by atoms with Gasteiger partial charge in [0.25, 0.3) is 11.1 Å². The predicted molar refractivity (Wildman–Crippen MR) is 148 cm³/mol. The van der Waals surface area contributed by atoms with Crippen LogP contribution in [0, 0.1) is 0 Å².